The summed E-state index contributed by atoms with van der Waals surface area (Å²) in [5.74, 6) is -1.08. The molecule has 1 amide bonds. The van der Waals surface area contributed by atoms with Crippen LogP contribution in [0.4, 0.5) is 5.69 Å². The Balaban J connectivity index is 1.66. The lowest BCUT2D eigenvalue weighted by atomic mass is 10.2. The summed E-state index contributed by atoms with van der Waals surface area (Å²) in [6, 6.07) is 17.6. The predicted octanol–water partition coefficient (Wildman–Crippen LogP) is 3.22. The van der Waals surface area contributed by atoms with Crippen molar-refractivity contribution in [1.82, 2.24) is 4.98 Å². The van der Waals surface area contributed by atoms with Crippen LogP contribution in [0.5, 0.6) is 0 Å². The predicted molar refractivity (Wildman–Crippen MR) is 93.0 cm³/mol. The minimum atomic E-state index is -0.982. The van der Waals surface area contributed by atoms with Crippen molar-refractivity contribution < 1.29 is 14.3 Å². The summed E-state index contributed by atoms with van der Waals surface area (Å²) >= 11 is 0. The average molecular weight is 333 g/mol. The highest BCUT2D eigenvalue weighted by atomic mass is 16.5. The molecule has 0 aliphatic carbocycles. The third kappa shape index (κ3) is 3.67. The molecule has 1 aromatic heterocycles. The van der Waals surface area contributed by atoms with Gasteiger partial charge in [-0.1, -0.05) is 24.3 Å². The van der Waals surface area contributed by atoms with Crippen LogP contribution >= 0.6 is 0 Å². The SMILES string of the molecule is C[C@@H](OC(=O)c1cc2ccccc2[nH]1)C(=O)Nc1cccc(C#N)c1. The van der Waals surface area contributed by atoms with Crippen LogP contribution in [0.2, 0.25) is 0 Å². The van der Waals surface area contributed by atoms with Crippen LogP contribution in [-0.2, 0) is 9.53 Å². The summed E-state index contributed by atoms with van der Waals surface area (Å²) in [6.45, 7) is 1.49. The lowest BCUT2D eigenvalue weighted by Crippen LogP contribution is -2.30. The second kappa shape index (κ2) is 6.89. The van der Waals surface area contributed by atoms with E-state index in [0.717, 1.165) is 10.9 Å². The number of aromatic amines is 1. The van der Waals surface area contributed by atoms with Gasteiger partial charge in [0.15, 0.2) is 6.10 Å². The number of nitriles is 1. The molecule has 0 fully saturated rings. The van der Waals surface area contributed by atoms with E-state index in [-0.39, 0.29) is 5.69 Å². The first-order valence-corrected chi connectivity index (χ1v) is 7.66. The van der Waals surface area contributed by atoms with Gasteiger partial charge in [-0.25, -0.2) is 4.79 Å². The number of amides is 1. The van der Waals surface area contributed by atoms with Gasteiger partial charge < -0.3 is 15.0 Å². The van der Waals surface area contributed by atoms with Crippen molar-refractivity contribution in [2.45, 2.75) is 13.0 Å². The number of esters is 1. The van der Waals surface area contributed by atoms with E-state index in [9.17, 15) is 9.59 Å². The number of nitrogens with zero attached hydrogens (tertiary/aromatic N) is 1. The molecule has 0 radical (unpaired) electrons. The van der Waals surface area contributed by atoms with Crippen molar-refractivity contribution in [1.29, 1.82) is 5.26 Å². The van der Waals surface area contributed by atoms with Gasteiger partial charge in [0.2, 0.25) is 0 Å². The second-order valence-electron chi connectivity index (χ2n) is 5.50. The van der Waals surface area contributed by atoms with Crippen LogP contribution in [0, 0.1) is 11.3 Å². The van der Waals surface area contributed by atoms with Crippen LogP contribution in [-0.4, -0.2) is 23.0 Å². The van der Waals surface area contributed by atoms with E-state index >= 15 is 0 Å². The van der Waals surface area contributed by atoms with Gasteiger partial charge in [-0.2, -0.15) is 5.26 Å². The molecule has 6 nitrogen and oxygen atoms in total. The molecule has 0 saturated carbocycles. The molecular weight excluding hydrogens is 318 g/mol. The van der Waals surface area contributed by atoms with E-state index < -0.39 is 18.0 Å². The van der Waals surface area contributed by atoms with Crippen molar-refractivity contribution >= 4 is 28.5 Å². The molecule has 0 spiro atoms. The summed E-state index contributed by atoms with van der Waals surface area (Å²) < 4.78 is 5.21. The van der Waals surface area contributed by atoms with Gasteiger partial charge in [0.25, 0.3) is 5.91 Å². The lowest BCUT2D eigenvalue weighted by molar-refractivity contribution is -0.123. The minimum Gasteiger partial charge on any atom is -0.448 e. The molecule has 0 unspecified atom stereocenters. The van der Waals surface area contributed by atoms with Gasteiger partial charge in [-0.3, -0.25) is 4.79 Å². The Morgan fingerprint density at radius 3 is 2.72 bits per heavy atom. The van der Waals surface area contributed by atoms with Gasteiger partial charge in [0, 0.05) is 16.6 Å². The van der Waals surface area contributed by atoms with Gasteiger partial charge >= 0.3 is 5.97 Å². The number of nitrogens with one attached hydrogen (secondary N) is 2. The summed E-state index contributed by atoms with van der Waals surface area (Å²) in [4.78, 5) is 27.3. The Kier molecular flexibility index (Phi) is 4.48. The molecule has 3 rings (SSSR count). The van der Waals surface area contributed by atoms with Crippen LogP contribution in [0.1, 0.15) is 23.0 Å². The van der Waals surface area contributed by atoms with E-state index in [0.29, 0.717) is 11.3 Å². The Morgan fingerprint density at radius 2 is 1.96 bits per heavy atom. The Bertz CT molecular complexity index is 952. The number of carbonyl (C=O) groups excluding carboxylic acids is 2. The highest BCUT2D eigenvalue weighted by Crippen LogP contribution is 2.16. The molecule has 0 saturated heterocycles. The van der Waals surface area contributed by atoms with Crippen molar-refractivity contribution in [3.05, 3.63) is 65.9 Å². The van der Waals surface area contributed by atoms with Gasteiger partial charge in [0.1, 0.15) is 5.69 Å². The highest BCUT2D eigenvalue weighted by Gasteiger charge is 2.20. The standard InChI is InChI=1S/C19H15N3O3/c1-12(18(23)21-15-7-4-5-13(9-15)11-20)25-19(24)17-10-14-6-2-3-8-16(14)22-17/h2-10,12,22H,1H3,(H,21,23)/t12-/m1/s1. The summed E-state index contributed by atoms with van der Waals surface area (Å²) in [5, 5.41) is 12.4. The number of fused-ring (bicyclic) bond motifs is 1. The maximum atomic E-state index is 12.2. The molecule has 0 aliphatic heterocycles. The molecule has 25 heavy (non-hydrogen) atoms. The topological polar surface area (TPSA) is 95.0 Å². The fraction of sp³-hybridized carbons (Fsp3) is 0.105. The number of rotatable bonds is 4. The minimum absolute atomic E-state index is 0.285. The van der Waals surface area contributed by atoms with Crippen LogP contribution < -0.4 is 5.32 Å². The summed E-state index contributed by atoms with van der Waals surface area (Å²) in [6.07, 6.45) is -0.982. The molecular formula is C19H15N3O3. The number of hydrogen-bond donors (Lipinski definition) is 2. The Hall–Kier alpha value is -3.59. The first-order chi connectivity index (χ1) is 12.1. The van der Waals surface area contributed by atoms with E-state index in [1.54, 1.807) is 30.3 Å². The average Bonchev–Trinajstić information content (AvgIpc) is 3.06. The number of aromatic nitrogens is 1. The number of benzene rings is 2. The van der Waals surface area contributed by atoms with E-state index in [2.05, 4.69) is 10.3 Å². The van der Waals surface area contributed by atoms with Crippen LogP contribution in [0.3, 0.4) is 0 Å². The monoisotopic (exact) mass is 333 g/mol. The molecule has 6 heteroatoms. The smallest absolute Gasteiger partial charge is 0.355 e. The molecule has 2 N–H and O–H groups in total. The van der Waals surface area contributed by atoms with Crippen LogP contribution in [0.25, 0.3) is 10.9 Å². The molecule has 2 aromatic carbocycles. The Labute approximate surface area is 144 Å². The fourth-order valence-electron chi connectivity index (χ4n) is 2.37. The maximum absolute atomic E-state index is 12.2. The number of carbonyl (C=O) groups is 2. The first-order valence-electron chi connectivity index (χ1n) is 7.66. The summed E-state index contributed by atoms with van der Waals surface area (Å²) in [5.41, 5.74) is 2.00. The number of H-pyrrole nitrogens is 1. The zero-order valence-corrected chi connectivity index (χ0v) is 13.4. The molecule has 3 aromatic rings. The van der Waals surface area contributed by atoms with Gasteiger partial charge in [0.05, 0.1) is 11.6 Å². The molecule has 1 atom stereocenters. The fourth-order valence-corrected chi connectivity index (χ4v) is 2.37. The third-order valence-electron chi connectivity index (χ3n) is 3.66. The molecule has 1 heterocycles. The quantitative estimate of drug-likeness (QED) is 0.717. The maximum Gasteiger partial charge on any atom is 0.355 e. The van der Waals surface area contributed by atoms with Crippen molar-refractivity contribution in [2.75, 3.05) is 5.32 Å². The number of hydrogen-bond acceptors (Lipinski definition) is 4. The van der Waals surface area contributed by atoms with E-state index in [1.807, 2.05) is 30.3 Å². The normalized spacial score (nSPS) is 11.5. The second-order valence-corrected chi connectivity index (χ2v) is 5.50. The number of para-hydroxylation sites is 1. The highest BCUT2D eigenvalue weighted by molar-refractivity contribution is 5.98. The van der Waals surface area contributed by atoms with Crippen molar-refractivity contribution in [3.63, 3.8) is 0 Å². The molecule has 0 bridgehead atoms. The first kappa shape index (κ1) is 16.3. The van der Waals surface area contributed by atoms with E-state index in [1.165, 1.54) is 6.92 Å². The Morgan fingerprint density at radius 1 is 1.16 bits per heavy atom. The van der Waals surface area contributed by atoms with Gasteiger partial charge in [-0.15, -0.1) is 0 Å². The number of ether oxygens (including phenoxy) is 1. The number of anilines is 1. The van der Waals surface area contributed by atoms with Crippen LogP contribution in [0.15, 0.2) is 54.6 Å². The van der Waals surface area contributed by atoms with Crippen molar-refractivity contribution in [2.24, 2.45) is 0 Å². The largest absolute Gasteiger partial charge is 0.448 e. The third-order valence-corrected chi connectivity index (χ3v) is 3.66. The molecule has 0 aliphatic rings. The lowest BCUT2D eigenvalue weighted by Gasteiger charge is -2.13. The summed E-state index contributed by atoms with van der Waals surface area (Å²) in [7, 11) is 0. The van der Waals surface area contributed by atoms with E-state index in [4.69, 9.17) is 10.00 Å². The zero-order chi connectivity index (χ0) is 17.8. The zero-order valence-electron chi connectivity index (χ0n) is 13.4. The molecule has 124 valence electrons. The van der Waals surface area contributed by atoms with Gasteiger partial charge in [-0.05, 0) is 37.3 Å². The van der Waals surface area contributed by atoms with Crippen molar-refractivity contribution in [3.8, 4) is 6.07 Å².